The number of carboxylic acid groups (broad SMARTS) is 1. The van der Waals surface area contributed by atoms with E-state index in [1.807, 2.05) is 24.3 Å². The van der Waals surface area contributed by atoms with Crippen LogP contribution in [0.2, 0.25) is 0 Å². The van der Waals surface area contributed by atoms with Gasteiger partial charge in [-0.15, -0.1) is 0 Å². The van der Waals surface area contributed by atoms with Crippen LogP contribution in [0.1, 0.15) is 44.7 Å². The highest BCUT2D eigenvalue weighted by Crippen LogP contribution is 2.26. The van der Waals surface area contributed by atoms with Gasteiger partial charge in [-0.05, 0) is 31.9 Å². The molecule has 1 N–H and O–H groups in total. The molecule has 0 bridgehead atoms. The number of fused-ring (bicyclic) bond motifs is 1. The topological polar surface area (TPSA) is 83.9 Å². The van der Waals surface area contributed by atoms with Crippen molar-refractivity contribution in [3.05, 3.63) is 35.4 Å². The van der Waals surface area contributed by atoms with Crippen LogP contribution in [0.3, 0.4) is 0 Å². The molecule has 0 spiro atoms. The SMILES string of the molecule is CC(C)(C)OC(=O)[C@@H]1Cc2ccccc2CN1C(=O)CCC(=O)O. The molecule has 24 heavy (non-hydrogen) atoms. The van der Waals surface area contributed by atoms with E-state index >= 15 is 0 Å². The first-order chi connectivity index (χ1) is 11.2. The van der Waals surface area contributed by atoms with E-state index in [0.717, 1.165) is 11.1 Å². The first-order valence-corrected chi connectivity index (χ1v) is 7.98. The lowest BCUT2D eigenvalue weighted by Gasteiger charge is -2.36. The zero-order valence-electron chi connectivity index (χ0n) is 14.2. The van der Waals surface area contributed by atoms with Crippen molar-refractivity contribution in [2.45, 2.75) is 58.2 Å². The fourth-order valence-electron chi connectivity index (χ4n) is 2.72. The van der Waals surface area contributed by atoms with Gasteiger partial charge in [-0.3, -0.25) is 9.59 Å². The Bertz CT molecular complexity index is 647. The Morgan fingerprint density at radius 3 is 2.38 bits per heavy atom. The Balaban J connectivity index is 2.24. The number of carboxylic acids is 1. The van der Waals surface area contributed by atoms with Gasteiger partial charge in [-0.2, -0.15) is 0 Å². The second kappa shape index (κ2) is 7.03. The van der Waals surface area contributed by atoms with E-state index in [1.54, 1.807) is 20.8 Å². The van der Waals surface area contributed by atoms with Crippen LogP contribution in [-0.2, 0) is 32.1 Å². The van der Waals surface area contributed by atoms with Crippen molar-refractivity contribution in [2.75, 3.05) is 0 Å². The maximum absolute atomic E-state index is 12.5. The normalized spacial score (nSPS) is 17.1. The molecule has 6 heteroatoms. The largest absolute Gasteiger partial charge is 0.481 e. The molecule has 0 aromatic heterocycles. The Labute approximate surface area is 141 Å². The van der Waals surface area contributed by atoms with Crippen LogP contribution in [0, 0.1) is 0 Å². The smallest absolute Gasteiger partial charge is 0.329 e. The molecule has 0 saturated heterocycles. The van der Waals surface area contributed by atoms with Crippen LogP contribution < -0.4 is 0 Å². The van der Waals surface area contributed by atoms with Crippen molar-refractivity contribution in [1.82, 2.24) is 4.90 Å². The number of carbonyl (C=O) groups is 3. The molecular weight excluding hydrogens is 310 g/mol. The minimum Gasteiger partial charge on any atom is -0.481 e. The maximum Gasteiger partial charge on any atom is 0.329 e. The highest BCUT2D eigenvalue weighted by molar-refractivity contribution is 5.87. The summed E-state index contributed by atoms with van der Waals surface area (Å²) in [4.78, 5) is 37.2. The predicted molar refractivity (Wildman–Crippen MR) is 87.2 cm³/mol. The van der Waals surface area contributed by atoms with Gasteiger partial charge < -0.3 is 14.7 Å². The molecule has 1 aliphatic rings. The van der Waals surface area contributed by atoms with E-state index in [0.29, 0.717) is 13.0 Å². The monoisotopic (exact) mass is 333 g/mol. The molecule has 0 aliphatic carbocycles. The molecule has 0 radical (unpaired) electrons. The number of hydrogen-bond donors (Lipinski definition) is 1. The van der Waals surface area contributed by atoms with Gasteiger partial charge >= 0.3 is 11.9 Å². The van der Waals surface area contributed by atoms with Gasteiger partial charge in [0.15, 0.2) is 0 Å². The summed E-state index contributed by atoms with van der Waals surface area (Å²) in [7, 11) is 0. The molecule has 6 nitrogen and oxygen atoms in total. The van der Waals surface area contributed by atoms with Crippen LogP contribution >= 0.6 is 0 Å². The van der Waals surface area contributed by atoms with Gasteiger partial charge in [0, 0.05) is 19.4 Å². The van der Waals surface area contributed by atoms with Gasteiger partial charge in [0.05, 0.1) is 6.42 Å². The first kappa shape index (κ1) is 18.0. The van der Waals surface area contributed by atoms with E-state index in [-0.39, 0.29) is 18.7 Å². The number of carbonyl (C=O) groups excluding carboxylic acids is 2. The summed E-state index contributed by atoms with van der Waals surface area (Å²) >= 11 is 0. The Morgan fingerprint density at radius 1 is 1.17 bits per heavy atom. The lowest BCUT2D eigenvalue weighted by Crippen LogP contribution is -2.50. The number of ether oxygens (including phenoxy) is 1. The second-order valence-electron chi connectivity index (χ2n) is 6.94. The second-order valence-corrected chi connectivity index (χ2v) is 6.94. The standard InChI is InChI=1S/C18H23NO5/c1-18(2,3)24-17(23)14-10-12-6-4-5-7-13(12)11-19(14)15(20)8-9-16(21)22/h4-7,14H,8-11H2,1-3H3,(H,21,22)/t14-/m0/s1. The van der Waals surface area contributed by atoms with E-state index < -0.39 is 23.6 Å². The zero-order chi connectivity index (χ0) is 17.9. The van der Waals surface area contributed by atoms with E-state index in [4.69, 9.17) is 9.84 Å². The molecule has 1 aromatic rings. The summed E-state index contributed by atoms with van der Waals surface area (Å²) in [5.41, 5.74) is 1.33. The van der Waals surface area contributed by atoms with Crippen LogP contribution in [-0.4, -0.2) is 39.5 Å². The number of rotatable bonds is 4. The van der Waals surface area contributed by atoms with Crippen molar-refractivity contribution in [3.8, 4) is 0 Å². The average Bonchev–Trinajstić information content (AvgIpc) is 2.49. The first-order valence-electron chi connectivity index (χ1n) is 7.98. The van der Waals surface area contributed by atoms with Crippen LogP contribution in [0.25, 0.3) is 0 Å². The minimum absolute atomic E-state index is 0.128. The lowest BCUT2D eigenvalue weighted by molar-refractivity contribution is -0.166. The molecule has 0 fully saturated rings. The van der Waals surface area contributed by atoms with Gasteiger partial charge in [0.25, 0.3) is 0 Å². The third kappa shape index (κ3) is 4.57. The summed E-state index contributed by atoms with van der Waals surface area (Å²) in [5.74, 6) is -1.84. The molecule has 130 valence electrons. The zero-order valence-corrected chi connectivity index (χ0v) is 14.2. The molecule has 1 aliphatic heterocycles. The maximum atomic E-state index is 12.5. The van der Waals surface area contributed by atoms with Crippen molar-refractivity contribution < 1.29 is 24.2 Å². The molecule has 1 atom stereocenters. The number of benzene rings is 1. The third-order valence-electron chi connectivity index (χ3n) is 3.80. The average molecular weight is 333 g/mol. The fourth-order valence-corrected chi connectivity index (χ4v) is 2.72. The number of aliphatic carboxylic acids is 1. The summed E-state index contributed by atoms with van der Waals surface area (Å²) in [5, 5.41) is 8.78. The van der Waals surface area contributed by atoms with Crippen molar-refractivity contribution in [1.29, 1.82) is 0 Å². The Morgan fingerprint density at radius 2 is 1.79 bits per heavy atom. The molecule has 1 heterocycles. The predicted octanol–water partition coefficient (Wildman–Crippen LogP) is 2.15. The molecule has 2 rings (SSSR count). The van der Waals surface area contributed by atoms with Crippen molar-refractivity contribution in [3.63, 3.8) is 0 Å². The molecule has 0 saturated carbocycles. The highest BCUT2D eigenvalue weighted by atomic mass is 16.6. The van der Waals surface area contributed by atoms with E-state index in [1.165, 1.54) is 4.90 Å². The van der Waals surface area contributed by atoms with Gasteiger partial charge in [-0.25, -0.2) is 4.79 Å². The summed E-state index contributed by atoms with van der Waals surface area (Å²) in [6, 6.07) is 6.91. The molecular formula is C18H23NO5. The fraction of sp³-hybridized carbons (Fsp3) is 0.500. The summed E-state index contributed by atoms with van der Waals surface area (Å²) in [6.07, 6.45) is -0.00127. The lowest BCUT2D eigenvalue weighted by atomic mass is 9.93. The highest BCUT2D eigenvalue weighted by Gasteiger charge is 2.37. The number of esters is 1. The van der Waals surface area contributed by atoms with E-state index in [2.05, 4.69) is 0 Å². The van der Waals surface area contributed by atoms with Crippen molar-refractivity contribution >= 4 is 17.8 Å². The summed E-state index contributed by atoms with van der Waals surface area (Å²) < 4.78 is 5.45. The third-order valence-corrected chi connectivity index (χ3v) is 3.80. The number of hydrogen-bond acceptors (Lipinski definition) is 4. The van der Waals surface area contributed by atoms with Crippen LogP contribution in [0.5, 0.6) is 0 Å². The molecule has 1 aromatic carbocycles. The quantitative estimate of drug-likeness (QED) is 0.854. The molecule has 1 amide bonds. The van der Waals surface area contributed by atoms with Crippen molar-refractivity contribution in [2.24, 2.45) is 0 Å². The van der Waals surface area contributed by atoms with Gasteiger partial charge in [-0.1, -0.05) is 24.3 Å². The number of amides is 1. The van der Waals surface area contributed by atoms with Gasteiger partial charge in [0.1, 0.15) is 11.6 Å². The van der Waals surface area contributed by atoms with E-state index in [9.17, 15) is 14.4 Å². The van der Waals surface area contributed by atoms with Crippen LogP contribution in [0.4, 0.5) is 0 Å². The minimum atomic E-state index is -1.03. The Hall–Kier alpha value is -2.37. The van der Waals surface area contributed by atoms with Crippen LogP contribution in [0.15, 0.2) is 24.3 Å². The molecule has 0 unspecified atom stereocenters. The Kier molecular flexibility index (Phi) is 5.26. The van der Waals surface area contributed by atoms with Gasteiger partial charge in [0.2, 0.25) is 5.91 Å². The number of nitrogens with zero attached hydrogens (tertiary/aromatic N) is 1. The summed E-state index contributed by atoms with van der Waals surface area (Å²) in [6.45, 7) is 5.62.